The van der Waals surface area contributed by atoms with Crippen LogP contribution in [0.4, 0.5) is 0 Å². The Hall–Kier alpha value is -3.15. The summed E-state index contributed by atoms with van der Waals surface area (Å²) in [4.78, 5) is 21.9. The first kappa shape index (κ1) is 25.1. The number of hydrogen-bond donors (Lipinski definition) is 2. The van der Waals surface area contributed by atoms with Gasteiger partial charge >= 0.3 is 0 Å². The van der Waals surface area contributed by atoms with E-state index in [4.69, 9.17) is 11.0 Å². The summed E-state index contributed by atoms with van der Waals surface area (Å²) in [6.45, 7) is 15.3. The van der Waals surface area contributed by atoms with Crippen molar-refractivity contribution in [3.05, 3.63) is 59.9 Å². The molecule has 1 aliphatic rings. The largest absolute Gasteiger partial charge is 0.404 e. The molecule has 1 saturated heterocycles. The third-order valence-electron chi connectivity index (χ3n) is 4.99. The molecule has 1 aromatic carbocycles. The lowest BCUT2D eigenvalue weighted by Crippen LogP contribution is -2.49. The maximum absolute atomic E-state index is 13.0. The summed E-state index contributed by atoms with van der Waals surface area (Å²) in [6, 6.07) is 9.55. The Kier molecular flexibility index (Phi) is 9.00. The number of amides is 1. The normalized spacial score (nSPS) is 16.0. The molecular weight excluding hydrogens is 402 g/mol. The molecule has 8 heteroatoms. The number of piperazine rings is 1. The zero-order chi connectivity index (χ0) is 23.7. The van der Waals surface area contributed by atoms with Gasteiger partial charge in [0.25, 0.3) is 5.91 Å². The van der Waals surface area contributed by atoms with Crippen LogP contribution < -0.4 is 11.2 Å². The highest BCUT2D eigenvalue weighted by Gasteiger charge is 2.21. The molecule has 8 nitrogen and oxygen atoms in total. The third-order valence-corrected chi connectivity index (χ3v) is 4.99. The number of nitrogens with zero attached hydrogens (tertiary/aromatic N) is 5. The fourth-order valence-corrected chi connectivity index (χ4v) is 3.30. The summed E-state index contributed by atoms with van der Waals surface area (Å²) in [5, 5.41) is 10.7. The molecule has 1 aliphatic heterocycles. The maximum Gasteiger partial charge on any atom is 0.269 e. The Balaban J connectivity index is 2.13. The highest BCUT2D eigenvalue weighted by molar-refractivity contribution is 5.99. The molecule has 1 heterocycles. The maximum atomic E-state index is 13.0. The number of aliphatic imine (C=N–C) groups is 1. The molecule has 0 bridgehead atoms. The van der Waals surface area contributed by atoms with Crippen molar-refractivity contribution >= 4 is 11.7 Å². The van der Waals surface area contributed by atoms with Gasteiger partial charge in [-0.15, -0.1) is 0 Å². The van der Waals surface area contributed by atoms with E-state index < -0.39 is 0 Å². The van der Waals surface area contributed by atoms with Crippen molar-refractivity contribution in [3.63, 3.8) is 0 Å². The van der Waals surface area contributed by atoms with Crippen molar-refractivity contribution in [1.29, 1.82) is 5.26 Å². The molecule has 32 heavy (non-hydrogen) atoms. The number of carbonyl (C=O) groups is 1. The summed E-state index contributed by atoms with van der Waals surface area (Å²) in [5.41, 5.74) is 10.1. The van der Waals surface area contributed by atoms with E-state index in [9.17, 15) is 4.79 Å². The van der Waals surface area contributed by atoms with Gasteiger partial charge in [-0.1, -0.05) is 39.5 Å². The van der Waals surface area contributed by atoms with Gasteiger partial charge in [-0.05, 0) is 42.4 Å². The Morgan fingerprint density at radius 3 is 2.44 bits per heavy atom. The summed E-state index contributed by atoms with van der Waals surface area (Å²) in [7, 11) is 2.14. The van der Waals surface area contributed by atoms with Crippen molar-refractivity contribution < 1.29 is 4.79 Å². The summed E-state index contributed by atoms with van der Waals surface area (Å²) in [6.07, 6.45) is 2.85. The Labute approximate surface area is 191 Å². The van der Waals surface area contributed by atoms with E-state index in [2.05, 4.69) is 33.8 Å². The van der Waals surface area contributed by atoms with Crippen LogP contribution in [-0.2, 0) is 6.54 Å². The number of allylic oxidation sites excluding steroid dienone is 1. The summed E-state index contributed by atoms with van der Waals surface area (Å²) < 4.78 is 0. The van der Waals surface area contributed by atoms with Gasteiger partial charge in [0.15, 0.2) is 0 Å². The van der Waals surface area contributed by atoms with E-state index in [-0.39, 0.29) is 17.0 Å². The summed E-state index contributed by atoms with van der Waals surface area (Å²) in [5.74, 6) is 0.0788. The topological polar surface area (TPSA) is 101 Å². The number of carbonyl (C=O) groups excluding carboxylic acids is 1. The van der Waals surface area contributed by atoms with Gasteiger partial charge in [0.1, 0.15) is 17.6 Å². The fourth-order valence-electron chi connectivity index (χ4n) is 3.30. The van der Waals surface area contributed by atoms with Crippen molar-refractivity contribution in [2.24, 2.45) is 16.1 Å². The lowest BCUT2D eigenvalue weighted by Gasteiger charge is -2.32. The molecule has 0 spiro atoms. The zero-order valence-corrected chi connectivity index (χ0v) is 19.6. The first-order valence-electron chi connectivity index (χ1n) is 10.8. The second kappa shape index (κ2) is 11.5. The fraction of sp³-hybridized carbons (Fsp3) is 0.458. The Bertz CT molecular complexity index is 882. The minimum atomic E-state index is -0.263. The Morgan fingerprint density at radius 1 is 1.28 bits per heavy atom. The van der Waals surface area contributed by atoms with Crippen LogP contribution in [0.3, 0.4) is 0 Å². The first-order valence-corrected chi connectivity index (χ1v) is 10.8. The molecule has 0 aromatic heterocycles. The average molecular weight is 438 g/mol. The number of hydrazine groups is 1. The van der Waals surface area contributed by atoms with E-state index in [0.29, 0.717) is 17.9 Å². The first-order chi connectivity index (χ1) is 15.1. The van der Waals surface area contributed by atoms with Crippen LogP contribution in [0.25, 0.3) is 0 Å². The molecule has 0 aliphatic carbocycles. The molecule has 3 N–H and O–H groups in total. The second-order valence-corrected chi connectivity index (χ2v) is 9.25. The Morgan fingerprint density at radius 2 is 1.91 bits per heavy atom. The SMILES string of the molecule is C=C(C#N)N=C(/C=C\N)N(CC(C)(C)C)NC(=O)c1ccc(CN2CCN(C)CC2)cc1. The van der Waals surface area contributed by atoms with E-state index in [1.165, 1.54) is 17.8 Å². The van der Waals surface area contributed by atoms with Crippen molar-refractivity contribution in [2.45, 2.75) is 27.3 Å². The number of nitriles is 1. The van der Waals surface area contributed by atoms with Crippen LogP contribution in [0.2, 0.25) is 0 Å². The monoisotopic (exact) mass is 437 g/mol. The molecule has 0 radical (unpaired) electrons. The van der Waals surface area contributed by atoms with Gasteiger partial charge < -0.3 is 10.6 Å². The van der Waals surface area contributed by atoms with Crippen LogP contribution in [0.1, 0.15) is 36.7 Å². The number of amidine groups is 1. The van der Waals surface area contributed by atoms with Gasteiger partial charge in [0, 0.05) is 44.8 Å². The minimum Gasteiger partial charge on any atom is -0.404 e. The second-order valence-electron chi connectivity index (χ2n) is 9.25. The van der Waals surface area contributed by atoms with Gasteiger partial charge in [-0.25, -0.2) is 4.99 Å². The van der Waals surface area contributed by atoms with Crippen LogP contribution in [0.5, 0.6) is 0 Å². The molecule has 0 saturated carbocycles. The molecule has 0 atom stereocenters. The van der Waals surface area contributed by atoms with Gasteiger partial charge in [-0.3, -0.25) is 20.1 Å². The van der Waals surface area contributed by atoms with Crippen LogP contribution in [0, 0.1) is 16.7 Å². The predicted octanol–water partition coefficient (Wildman–Crippen LogP) is 2.34. The van der Waals surface area contributed by atoms with Gasteiger partial charge in [-0.2, -0.15) is 5.26 Å². The standard InChI is InChI=1S/C24H35N7O/c1-19(16-26)27-22(10-11-25)31(18-24(2,3)4)28-23(32)21-8-6-20(7-9-21)17-30-14-12-29(5)13-15-30/h6-11H,1,12-15,17-18,25H2,2-5H3,(H,28,32)/b11-10-,27-22?. The van der Waals surface area contributed by atoms with Gasteiger partial charge in [0.05, 0.1) is 0 Å². The van der Waals surface area contributed by atoms with Crippen LogP contribution >= 0.6 is 0 Å². The number of benzene rings is 1. The van der Waals surface area contributed by atoms with Crippen molar-refractivity contribution in [1.82, 2.24) is 20.2 Å². The highest BCUT2D eigenvalue weighted by Crippen LogP contribution is 2.16. The molecule has 1 fully saturated rings. The number of hydrogen-bond acceptors (Lipinski definition) is 6. The van der Waals surface area contributed by atoms with Crippen molar-refractivity contribution in [3.8, 4) is 6.07 Å². The van der Waals surface area contributed by atoms with Crippen LogP contribution in [0.15, 0.2) is 53.8 Å². The smallest absolute Gasteiger partial charge is 0.269 e. The van der Waals surface area contributed by atoms with E-state index in [1.807, 2.05) is 51.1 Å². The number of likely N-dealkylation sites (N-methyl/N-ethyl adjacent to an activating group) is 1. The average Bonchev–Trinajstić information content (AvgIpc) is 2.74. The molecular formula is C24H35N7O. The quantitative estimate of drug-likeness (QED) is 0.307. The lowest BCUT2D eigenvalue weighted by atomic mass is 9.96. The number of rotatable bonds is 6. The molecule has 1 amide bonds. The molecule has 0 unspecified atom stereocenters. The predicted molar refractivity (Wildman–Crippen MR) is 128 cm³/mol. The van der Waals surface area contributed by atoms with E-state index in [1.54, 1.807) is 5.01 Å². The molecule has 1 aromatic rings. The summed E-state index contributed by atoms with van der Waals surface area (Å²) >= 11 is 0. The molecule has 172 valence electrons. The lowest BCUT2D eigenvalue weighted by molar-refractivity contribution is 0.0843. The van der Waals surface area contributed by atoms with E-state index in [0.717, 1.165) is 32.7 Å². The van der Waals surface area contributed by atoms with Crippen molar-refractivity contribution in [2.75, 3.05) is 39.8 Å². The zero-order valence-electron chi connectivity index (χ0n) is 19.6. The minimum absolute atomic E-state index is 0.0273. The molecule has 2 rings (SSSR count). The number of nitrogens with two attached hydrogens (primary N) is 1. The highest BCUT2D eigenvalue weighted by atomic mass is 16.2. The third kappa shape index (κ3) is 8.17. The van der Waals surface area contributed by atoms with Crippen LogP contribution in [-0.4, -0.2) is 66.3 Å². The van der Waals surface area contributed by atoms with Gasteiger partial charge in [0.2, 0.25) is 0 Å². The number of nitrogens with one attached hydrogen (secondary N) is 1. The van der Waals surface area contributed by atoms with E-state index >= 15 is 0 Å².